The van der Waals surface area contributed by atoms with Gasteiger partial charge in [0.15, 0.2) is 12.4 Å². The van der Waals surface area contributed by atoms with Gasteiger partial charge in [0.25, 0.3) is 11.8 Å². The summed E-state index contributed by atoms with van der Waals surface area (Å²) in [4.78, 5) is 24.9. The maximum absolute atomic E-state index is 13.5. The molecule has 0 spiro atoms. The van der Waals surface area contributed by atoms with Crippen LogP contribution in [-0.2, 0) is 11.0 Å². The van der Waals surface area contributed by atoms with Gasteiger partial charge in [0.2, 0.25) is 5.76 Å². The number of carbonyl (C=O) groups excluding carboxylic acids is 2. The molecule has 3 saturated carbocycles. The number of fused-ring (bicyclic) bond motifs is 3. The SMILES string of the molecule is O=C(COc1ccc(Cl)c(F)c1)NC12CCC(NC(=O)c3ccc(C(F)(F)F)o3)(CC1)C[C@@H]2O. The van der Waals surface area contributed by atoms with Gasteiger partial charge < -0.3 is 24.9 Å². The van der Waals surface area contributed by atoms with Crippen molar-refractivity contribution >= 4 is 23.4 Å². The van der Waals surface area contributed by atoms with Gasteiger partial charge in [-0.15, -0.1) is 0 Å². The number of alkyl halides is 3. The first-order valence-electron chi connectivity index (χ1n) is 10.5. The molecule has 0 unspecified atom stereocenters. The first-order valence-corrected chi connectivity index (χ1v) is 10.9. The third kappa shape index (κ3) is 4.85. The van der Waals surface area contributed by atoms with Crippen LogP contribution in [0.3, 0.4) is 0 Å². The fourth-order valence-electron chi connectivity index (χ4n) is 4.61. The summed E-state index contributed by atoms with van der Waals surface area (Å²) in [5.41, 5.74) is -1.75. The molecule has 2 aromatic rings. The summed E-state index contributed by atoms with van der Waals surface area (Å²) in [6, 6.07) is 5.41. The van der Waals surface area contributed by atoms with E-state index in [4.69, 9.17) is 16.3 Å². The smallest absolute Gasteiger partial charge is 0.449 e. The van der Waals surface area contributed by atoms with Crippen molar-refractivity contribution in [3.8, 4) is 5.75 Å². The molecule has 3 N–H and O–H groups in total. The van der Waals surface area contributed by atoms with Gasteiger partial charge in [0, 0.05) is 11.6 Å². The molecule has 0 saturated heterocycles. The summed E-state index contributed by atoms with van der Waals surface area (Å²) < 4.78 is 61.6. The van der Waals surface area contributed by atoms with Gasteiger partial charge in [0.05, 0.1) is 16.7 Å². The van der Waals surface area contributed by atoms with E-state index in [9.17, 15) is 32.3 Å². The van der Waals surface area contributed by atoms with E-state index in [1.807, 2.05) is 0 Å². The first kappa shape index (κ1) is 24.3. The third-order valence-electron chi connectivity index (χ3n) is 6.46. The van der Waals surface area contributed by atoms with Gasteiger partial charge in [-0.3, -0.25) is 9.59 Å². The Morgan fingerprint density at radius 1 is 1.15 bits per heavy atom. The van der Waals surface area contributed by atoms with Crippen LogP contribution in [0.2, 0.25) is 5.02 Å². The number of nitrogens with one attached hydrogen (secondary N) is 2. The van der Waals surface area contributed by atoms with Crippen molar-refractivity contribution in [3.63, 3.8) is 0 Å². The summed E-state index contributed by atoms with van der Waals surface area (Å²) in [6.07, 6.45) is -4.14. The van der Waals surface area contributed by atoms with Gasteiger partial charge >= 0.3 is 6.18 Å². The van der Waals surface area contributed by atoms with E-state index < -0.39 is 59.1 Å². The van der Waals surface area contributed by atoms with Crippen LogP contribution < -0.4 is 15.4 Å². The van der Waals surface area contributed by atoms with E-state index in [0.717, 1.165) is 12.1 Å². The maximum Gasteiger partial charge on any atom is 0.449 e. The second kappa shape index (κ2) is 8.77. The van der Waals surface area contributed by atoms with Gasteiger partial charge in [0.1, 0.15) is 11.6 Å². The summed E-state index contributed by atoms with van der Waals surface area (Å²) >= 11 is 5.61. The van der Waals surface area contributed by atoms with Crippen molar-refractivity contribution in [3.05, 3.63) is 52.7 Å². The van der Waals surface area contributed by atoms with Crippen LogP contribution in [0.15, 0.2) is 34.7 Å². The molecule has 5 rings (SSSR count). The highest BCUT2D eigenvalue weighted by atomic mass is 35.5. The van der Waals surface area contributed by atoms with Crippen molar-refractivity contribution in [2.75, 3.05) is 6.61 Å². The molecular formula is C22H21ClF4N2O5. The highest BCUT2D eigenvalue weighted by molar-refractivity contribution is 6.30. The quantitative estimate of drug-likeness (QED) is 0.519. The van der Waals surface area contributed by atoms with E-state index in [1.165, 1.54) is 12.1 Å². The zero-order valence-corrected chi connectivity index (χ0v) is 18.4. The number of amides is 2. The fourth-order valence-corrected chi connectivity index (χ4v) is 4.72. The molecule has 2 bridgehead atoms. The standard InChI is InChI=1S/C22H21ClF4N2O5/c23-13-2-1-12(9-14(13)24)33-11-18(31)28-21-7-5-20(6-8-21,10-16(21)30)29-19(32)15-3-4-17(34-15)22(25,26)27/h1-4,9,16,30H,5-8,10-11H2,(H,28,31)(H,29,32)/t16-,20?,21?/m0/s1. The van der Waals surface area contributed by atoms with Crippen molar-refractivity contribution in [1.82, 2.24) is 10.6 Å². The molecule has 7 nitrogen and oxygen atoms in total. The molecule has 0 aliphatic heterocycles. The highest BCUT2D eigenvalue weighted by Gasteiger charge is 2.55. The second-order valence-electron chi connectivity index (χ2n) is 8.68. The third-order valence-corrected chi connectivity index (χ3v) is 6.77. The Hall–Kier alpha value is -2.79. The zero-order chi connectivity index (χ0) is 24.7. The van der Waals surface area contributed by atoms with E-state index in [0.29, 0.717) is 31.7 Å². The van der Waals surface area contributed by atoms with Gasteiger partial charge in [-0.2, -0.15) is 13.2 Å². The first-order chi connectivity index (χ1) is 15.9. The Morgan fingerprint density at radius 3 is 2.44 bits per heavy atom. The average molecular weight is 505 g/mol. The molecule has 1 atom stereocenters. The Bertz CT molecular complexity index is 1100. The molecule has 0 radical (unpaired) electrons. The molecule has 1 aromatic carbocycles. The Labute approximate surface area is 196 Å². The molecule has 2 amide bonds. The number of hydrogen-bond donors (Lipinski definition) is 3. The lowest BCUT2D eigenvalue weighted by atomic mass is 9.60. The van der Waals surface area contributed by atoms with Crippen LogP contribution in [0, 0.1) is 5.82 Å². The Kier molecular flexibility index (Phi) is 6.28. The molecule has 3 aliphatic rings. The summed E-state index contributed by atoms with van der Waals surface area (Å²) in [6.45, 7) is -0.405. The van der Waals surface area contributed by atoms with Gasteiger partial charge in [-0.25, -0.2) is 4.39 Å². The Morgan fingerprint density at radius 2 is 1.85 bits per heavy atom. The molecule has 34 heavy (non-hydrogen) atoms. The minimum absolute atomic E-state index is 0.0772. The predicted molar refractivity (Wildman–Crippen MR) is 111 cm³/mol. The summed E-state index contributed by atoms with van der Waals surface area (Å²) in [5.74, 6) is -3.62. The van der Waals surface area contributed by atoms with Gasteiger partial charge in [-0.1, -0.05) is 11.6 Å². The minimum atomic E-state index is -4.70. The Balaban J connectivity index is 1.34. The van der Waals surface area contributed by atoms with Crippen LogP contribution in [0.4, 0.5) is 17.6 Å². The van der Waals surface area contributed by atoms with Crippen LogP contribution in [0.5, 0.6) is 5.75 Å². The van der Waals surface area contributed by atoms with Crippen molar-refractivity contribution in [2.24, 2.45) is 0 Å². The fraction of sp³-hybridized carbons (Fsp3) is 0.455. The van der Waals surface area contributed by atoms with E-state index in [-0.39, 0.29) is 17.2 Å². The van der Waals surface area contributed by atoms with Crippen LogP contribution in [-0.4, -0.2) is 40.7 Å². The largest absolute Gasteiger partial charge is 0.484 e. The topological polar surface area (TPSA) is 101 Å². The number of carbonyl (C=O) groups is 2. The highest BCUT2D eigenvalue weighted by Crippen LogP contribution is 2.47. The summed E-state index contributed by atoms with van der Waals surface area (Å²) in [7, 11) is 0. The molecule has 1 heterocycles. The number of benzene rings is 1. The predicted octanol–water partition coefficient (Wildman–Crippen LogP) is 3.83. The number of aliphatic hydroxyl groups is 1. The van der Waals surface area contributed by atoms with E-state index in [1.54, 1.807) is 0 Å². The van der Waals surface area contributed by atoms with Crippen LogP contribution in [0.25, 0.3) is 0 Å². The average Bonchev–Trinajstić information content (AvgIpc) is 3.27. The molecule has 3 fully saturated rings. The maximum atomic E-state index is 13.5. The molecule has 184 valence electrons. The number of aliphatic hydroxyl groups excluding tert-OH is 1. The van der Waals surface area contributed by atoms with Crippen molar-refractivity contribution in [2.45, 2.75) is 55.5 Å². The normalized spacial score (nSPS) is 26.2. The number of ether oxygens (including phenoxy) is 1. The minimum Gasteiger partial charge on any atom is -0.484 e. The molecular weight excluding hydrogens is 484 g/mol. The van der Waals surface area contributed by atoms with Crippen molar-refractivity contribution in [1.29, 1.82) is 0 Å². The molecule has 1 aromatic heterocycles. The summed E-state index contributed by atoms with van der Waals surface area (Å²) in [5, 5.41) is 16.2. The number of hydrogen-bond acceptors (Lipinski definition) is 5. The lowest BCUT2D eigenvalue weighted by Crippen LogP contribution is -2.70. The lowest BCUT2D eigenvalue weighted by Gasteiger charge is -2.56. The van der Waals surface area contributed by atoms with E-state index >= 15 is 0 Å². The monoisotopic (exact) mass is 504 g/mol. The van der Waals surface area contributed by atoms with Crippen LogP contribution in [0.1, 0.15) is 48.4 Å². The van der Waals surface area contributed by atoms with Crippen molar-refractivity contribution < 1.29 is 41.4 Å². The molecule has 3 aliphatic carbocycles. The number of furan rings is 1. The lowest BCUT2D eigenvalue weighted by molar-refractivity contribution is -0.153. The second-order valence-corrected chi connectivity index (χ2v) is 9.09. The van der Waals surface area contributed by atoms with Gasteiger partial charge in [-0.05, 0) is 56.4 Å². The van der Waals surface area contributed by atoms with E-state index in [2.05, 4.69) is 15.1 Å². The number of halogens is 5. The molecule has 12 heteroatoms. The number of rotatable bonds is 6. The van der Waals surface area contributed by atoms with Crippen LogP contribution >= 0.6 is 11.6 Å². The zero-order valence-electron chi connectivity index (χ0n) is 17.7.